The topological polar surface area (TPSA) is 52.7 Å². The molecule has 1 aromatic rings. The summed E-state index contributed by atoms with van der Waals surface area (Å²) >= 11 is 0. The summed E-state index contributed by atoms with van der Waals surface area (Å²) in [4.78, 5) is 29.4. The summed E-state index contributed by atoms with van der Waals surface area (Å²) in [6.07, 6.45) is 2.50. The van der Waals surface area contributed by atoms with Crippen molar-refractivity contribution in [2.45, 2.75) is 51.5 Å². The third-order valence-electron chi connectivity index (χ3n) is 6.37. The van der Waals surface area contributed by atoms with Crippen LogP contribution in [0.5, 0.6) is 0 Å². The third kappa shape index (κ3) is 4.00. The molecule has 5 heteroatoms. The molecule has 0 aromatic heterocycles. The van der Waals surface area contributed by atoms with Gasteiger partial charge in [-0.25, -0.2) is 4.79 Å². The van der Waals surface area contributed by atoms with Crippen molar-refractivity contribution in [2.24, 2.45) is 5.92 Å². The van der Waals surface area contributed by atoms with Gasteiger partial charge in [-0.1, -0.05) is 56.3 Å². The molecule has 0 aliphatic carbocycles. The molecule has 5 nitrogen and oxygen atoms in total. The van der Waals surface area contributed by atoms with Crippen LogP contribution in [-0.4, -0.2) is 53.5 Å². The Morgan fingerprint density at radius 3 is 2.46 bits per heavy atom. The van der Waals surface area contributed by atoms with E-state index in [2.05, 4.69) is 54.1 Å². The standard InChI is InChI=1S/C23H33N3O2/c1-5-23(21(27)26(15-17(2)3)22(28)24-23)20-11-13-25(14-12-20)16-18(4)19-9-7-6-8-10-19/h6-10,18,20H,2,5,11-16H2,1,3-4H3,(H,24,28)/t18-,23-/m1/s1. The van der Waals surface area contributed by atoms with Gasteiger partial charge in [-0.05, 0) is 56.7 Å². The van der Waals surface area contributed by atoms with Gasteiger partial charge in [0.05, 0.1) is 6.54 Å². The molecule has 3 amide bonds. The molecular weight excluding hydrogens is 350 g/mol. The molecule has 0 spiro atoms. The van der Waals surface area contributed by atoms with Gasteiger partial charge in [0.2, 0.25) is 0 Å². The van der Waals surface area contributed by atoms with Crippen LogP contribution in [0.15, 0.2) is 42.5 Å². The number of imide groups is 1. The molecule has 3 rings (SSSR count). The fourth-order valence-corrected chi connectivity index (χ4v) is 4.75. The Labute approximate surface area is 168 Å². The average Bonchev–Trinajstić information content (AvgIpc) is 2.94. The van der Waals surface area contributed by atoms with Crippen LogP contribution in [0.25, 0.3) is 0 Å². The van der Waals surface area contributed by atoms with Gasteiger partial charge in [0.1, 0.15) is 5.54 Å². The van der Waals surface area contributed by atoms with E-state index in [-0.39, 0.29) is 17.9 Å². The molecule has 0 unspecified atom stereocenters. The maximum atomic E-state index is 13.1. The molecule has 2 atom stereocenters. The quantitative estimate of drug-likeness (QED) is 0.576. The van der Waals surface area contributed by atoms with Crippen LogP contribution in [0.1, 0.15) is 51.5 Å². The summed E-state index contributed by atoms with van der Waals surface area (Å²) in [6, 6.07) is 10.3. The molecule has 2 aliphatic heterocycles. The lowest BCUT2D eigenvalue weighted by atomic mass is 9.75. The number of piperidine rings is 1. The second-order valence-corrected chi connectivity index (χ2v) is 8.49. The van der Waals surface area contributed by atoms with Crippen LogP contribution in [0.4, 0.5) is 4.79 Å². The van der Waals surface area contributed by atoms with E-state index >= 15 is 0 Å². The first kappa shape index (κ1) is 20.6. The van der Waals surface area contributed by atoms with E-state index in [1.165, 1.54) is 10.5 Å². The van der Waals surface area contributed by atoms with Crippen LogP contribution in [0.2, 0.25) is 0 Å². The average molecular weight is 384 g/mol. The number of urea groups is 1. The van der Waals surface area contributed by atoms with Crippen molar-refractivity contribution >= 4 is 11.9 Å². The largest absolute Gasteiger partial charge is 0.325 e. The Balaban J connectivity index is 1.62. The number of rotatable bonds is 7. The minimum Gasteiger partial charge on any atom is -0.323 e. The minimum absolute atomic E-state index is 0.0703. The summed E-state index contributed by atoms with van der Waals surface area (Å²) in [7, 11) is 0. The van der Waals surface area contributed by atoms with Gasteiger partial charge >= 0.3 is 6.03 Å². The molecule has 1 aromatic carbocycles. The van der Waals surface area contributed by atoms with Crippen LogP contribution >= 0.6 is 0 Å². The number of benzene rings is 1. The Morgan fingerprint density at radius 2 is 1.89 bits per heavy atom. The number of carbonyl (C=O) groups is 2. The van der Waals surface area contributed by atoms with Crippen LogP contribution in [-0.2, 0) is 4.79 Å². The number of hydrogen-bond donors (Lipinski definition) is 1. The highest BCUT2D eigenvalue weighted by Gasteiger charge is 2.54. The van der Waals surface area contributed by atoms with E-state index in [1.54, 1.807) is 0 Å². The second kappa shape index (κ2) is 8.48. The zero-order valence-corrected chi connectivity index (χ0v) is 17.4. The zero-order chi connectivity index (χ0) is 20.3. The molecule has 2 saturated heterocycles. The van der Waals surface area contributed by atoms with Gasteiger partial charge in [-0.15, -0.1) is 0 Å². The molecule has 0 bridgehead atoms. The normalized spacial score (nSPS) is 25.0. The highest BCUT2D eigenvalue weighted by molar-refractivity contribution is 6.07. The van der Waals surface area contributed by atoms with Gasteiger partial charge in [-0.3, -0.25) is 9.69 Å². The summed E-state index contributed by atoms with van der Waals surface area (Å²) in [5, 5.41) is 3.05. The molecule has 2 fully saturated rings. The van der Waals surface area contributed by atoms with Crippen molar-refractivity contribution in [3.8, 4) is 0 Å². The number of nitrogens with one attached hydrogen (secondary N) is 1. The lowest BCUT2D eigenvalue weighted by molar-refractivity contribution is -0.133. The minimum atomic E-state index is -0.746. The third-order valence-corrected chi connectivity index (χ3v) is 6.37. The van der Waals surface area contributed by atoms with Crippen LogP contribution in [0.3, 0.4) is 0 Å². The van der Waals surface area contributed by atoms with Gasteiger partial charge in [0, 0.05) is 6.54 Å². The highest BCUT2D eigenvalue weighted by Crippen LogP contribution is 2.36. The SMILES string of the molecule is C=C(C)CN1C(=O)N[C@](CC)(C2CCN(C[C@@H](C)c3ccccc3)CC2)C1=O. The highest BCUT2D eigenvalue weighted by atomic mass is 16.2. The molecule has 0 radical (unpaired) electrons. The molecule has 0 saturated carbocycles. The lowest BCUT2D eigenvalue weighted by Gasteiger charge is -2.41. The predicted octanol–water partition coefficient (Wildman–Crippen LogP) is 3.78. The fourth-order valence-electron chi connectivity index (χ4n) is 4.75. The van der Waals surface area contributed by atoms with Crippen molar-refractivity contribution in [2.75, 3.05) is 26.2 Å². The van der Waals surface area contributed by atoms with Gasteiger partial charge < -0.3 is 10.2 Å². The number of nitrogens with zero attached hydrogens (tertiary/aromatic N) is 2. The summed E-state index contributed by atoms with van der Waals surface area (Å²) < 4.78 is 0. The summed E-state index contributed by atoms with van der Waals surface area (Å²) in [6.45, 7) is 13.2. The van der Waals surface area contributed by atoms with Gasteiger partial charge in [-0.2, -0.15) is 0 Å². The first-order valence-corrected chi connectivity index (χ1v) is 10.4. The first-order chi connectivity index (χ1) is 13.4. The number of carbonyl (C=O) groups excluding carboxylic acids is 2. The van der Waals surface area contributed by atoms with Crippen molar-refractivity contribution in [3.63, 3.8) is 0 Å². The molecule has 152 valence electrons. The Hall–Kier alpha value is -2.14. The van der Waals surface area contributed by atoms with Crippen molar-refractivity contribution < 1.29 is 9.59 Å². The Kier molecular flexibility index (Phi) is 6.23. The zero-order valence-electron chi connectivity index (χ0n) is 17.4. The fraction of sp³-hybridized carbons (Fsp3) is 0.565. The van der Waals surface area contributed by atoms with E-state index in [0.29, 0.717) is 18.9 Å². The monoisotopic (exact) mass is 383 g/mol. The van der Waals surface area contributed by atoms with Gasteiger partial charge in [0.25, 0.3) is 5.91 Å². The molecule has 2 heterocycles. The predicted molar refractivity (Wildman–Crippen MR) is 112 cm³/mol. The number of hydrogen-bond acceptors (Lipinski definition) is 3. The van der Waals surface area contributed by atoms with Crippen molar-refractivity contribution in [1.82, 2.24) is 15.1 Å². The Bertz CT molecular complexity index is 725. The van der Waals surface area contributed by atoms with Crippen molar-refractivity contribution in [3.05, 3.63) is 48.0 Å². The van der Waals surface area contributed by atoms with E-state index in [0.717, 1.165) is 38.0 Å². The summed E-state index contributed by atoms with van der Waals surface area (Å²) in [5.74, 6) is 0.600. The van der Waals surface area contributed by atoms with E-state index < -0.39 is 5.54 Å². The molecule has 1 N–H and O–H groups in total. The smallest absolute Gasteiger partial charge is 0.323 e. The van der Waals surface area contributed by atoms with E-state index in [9.17, 15) is 9.59 Å². The van der Waals surface area contributed by atoms with Crippen LogP contribution < -0.4 is 5.32 Å². The maximum absolute atomic E-state index is 13.1. The lowest BCUT2D eigenvalue weighted by Crippen LogP contribution is -2.56. The second-order valence-electron chi connectivity index (χ2n) is 8.49. The van der Waals surface area contributed by atoms with Crippen molar-refractivity contribution in [1.29, 1.82) is 0 Å². The van der Waals surface area contributed by atoms with E-state index in [4.69, 9.17) is 0 Å². The number of amides is 3. The molecule has 2 aliphatic rings. The summed E-state index contributed by atoms with van der Waals surface area (Å²) in [5.41, 5.74) is 1.44. The maximum Gasteiger partial charge on any atom is 0.325 e. The first-order valence-electron chi connectivity index (χ1n) is 10.4. The molecule has 28 heavy (non-hydrogen) atoms. The molecular formula is C23H33N3O2. The Morgan fingerprint density at radius 1 is 1.25 bits per heavy atom. The van der Waals surface area contributed by atoms with Crippen LogP contribution in [0, 0.1) is 5.92 Å². The van der Waals surface area contributed by atoms with Gasteiger partial charge in [0.15, 0.2) is 0 Å². The van der Waals surface area contributed by atoms with E-state index in [1.807, 2.05) is 13.8 Å². The number of likely N-dealkylation sites (tertiary alicyclic amines) is 1.